The van der Waals surface area contributed by atoms with E-state index in [1.54, 1.807) is 6.92 Å². The minimum absolute atomic E-state index is 0.0249. The van der Waals surface area contributed by atoms with Crippen LogP contribution in [0.4, 0.5) is 0 Å². The molecule has 4 nitrogen and oxygen atoms in total. The monoisotopic (exact) mass is 228 g/mol. The number of esters is 1. The highest BCUT2D eigenvalue weighted by atomic mass is 16.5. The van der Waals surface area contributed by atoms with Gasteiger partial charge in [-0.05, 0) is 26.2 Å². The van der Waals surface area contributed by atoms with Crippen LogP contribution in [0, 0.1) is 11.8 Å². The van der Waals surface area contributed by atoms with Crippen LogP contribution in [0.3, 0.4) is 0 Å². The Labute approximate surface area is 96.3 Å². The Morgan fingerprint density at radius 3 is 2.44 bits per heavy atom. The second-order valence-electron chi connectivity index (χ2n) is 4.00. The van der Waals surface area contributed by atoms with Crippen LogP contribution in [0.1, 0.15) is 33.1 Å². The van der Waals surface area contributed by atoms with E-state index < -0.39 is 5.92 Å². The Morgan fingerprint density at radius 2 is 1.94 bits per heavy atom. The van der Waals surface area contributed by atoms with E-state index in [0.29, 0.717) is 26.2 Å². The van der Waals surface area contributed by atoms with E-state index in [1.807, 2.05) is 6.92 Å². The summed E-state index contributed by atoms with van der Waals surface area (Å²) >= 11 is 0. The first kappa shape index (κ1) is 13.2. The predicted octanol–water partition coefficient (Wildman–Crippen LogP) is 1.57. The molecule has 92 valence electrons. The Kier molecular flexibility index (Phi) is 5.46. The Hall–Kier alpha value is -0.900. The molecule has 0 aliphatic carbocycles. The number of carbonyl (C=O) groups is 2. The minimum atomic E-state index is -0.581. The summed E-state index contributed by atoms with van der Waals surface area (Å²) in [6.45, 7) is 5.17. The number of hydrogen-bond donors (Lipinski definition) is 0. The lowest BCUT2D eigenvalue weighted by atomic mass is 9.86. The molecule has 0 aromatic carbocycles. The molecule has 0 aromatic heterocycles. The van der Waals surface area contributed by atoms with E-state index in [-0.39, 0.29) is 17.7 Å². The average Bonchev–Trinajstić information content (AvgIpc) is 2.31. The van der Waals surface area contributed by atoms with E-state index in [4.69, 9.17) is 9.47 Å². The molecule has 0 aromatic rings. The van der Waals surface area contributed by atoms with Gasteiger partial charge in [0.25, 0.3) is 0 Å². The zero-order valence-electron chi connectivity index (χ0n) is 10.0. The summed E-state index contributed by atoms with van der Waals surface area (Å²) in [5, 5.41) is 0. The highest BCUT2D eigenvalue weighted by Crippen LogP contribution is 2.22. The van der Waals surface area contributed by atoms with Crippen LogP contribution in [-0.2, 0) is 19.1 Å². The van der Waals surface area contributed by atoms with Gasteiger partial charge in [-0.15, -0.1) is 0 Å². The lowest BCUT2D eigenvalue weighted by Gasteiger charge is -2.23. The van der Waals surface area contributed by atoms with E-state index >= 15 is 0 Å². The van der Waals surface area contributed by atoms with Crippen LogP contribution in [-0.4, -0.2) is 31.6 Å². The van der Waals surface area contributed by atoms with Crippen LogP contribution >= 0.6 is 0 Å². The van der Waals surface area contributed by atoms with Gasteiger partial charge in [-0.3, -0.25) is 9.59 Å². The number of hydrogen-bond acceptors (Lipinski definition) is 4. The van der Waals surface area contributed by atoms with E-state index in [1.165, 1.54) is 0 Å². The van der Waals surface area contributed by atoms with Gasteiger partial charge >= 0.3 is 5.97 Å². The van der Waals surface area contributed by atoms with Gasteiger partial charge in [-0.25, -0.2) is 0 Å². The number of carbonyl (C=O) groups excluding carboxylic acids is 2. The van der Waals surface area contributed by atoms with E-state index in [9.17, 15) is 9.59 Å². The van der Waals surface area contributed by atoms with E-state index in [2.05, 4.69) is 0 Å². The molecule has 1 fully saturated rings. The van der Waals surface area contributed by atoms with Gasteiger partial charge in [0.05, 0.1) is 6.61 Å². The molecule has 0 spiro atoms. The predicted molar refractivity (Wildman–Crippen MR) is 59.0 cm³/mol. The van der Waals surface area contributed by atoms with Crippen molar-refractivity contribution < 1.29 is 19.1 Å². The maximum atomic E-state index is 12.1. The second kappa shape index (κ2) is 6.63. The first-order chi connectivity index (χ1) is 7.70. The number of rotatable bonds is 5. The highest BCUT2D eigenvalue weighted by Gasteiger charge is 2.32. The molecule has 0 bridgehead atoms. The molecule has 0 saturated carbocycles. The van der Waals surface area contributed by atoms with Crippen molar-refractivity contribution >= 4 is 11.8 Å². The lowest BCUT2D eigenvalue weighted by Crippen LogP contribution is -2.33. The van der Waals surface area contributed by atoms with Crippen molar-refractivity contribution in [3.8, 4) is 0 Å². The zero-order valence-corrected chi connectivity index (χ0v) is 10.0. The third-order valence-electron chi connectivity index (χ3n) is 2.95. The number of ether oxygens (including phenoxy) is 2. The van der Waals surface area contributed by atoms with Gasteiger partial charge in [0, 0.05) is 19.1 Å². The summed E-state index contributed by atoms with van der Waals surface area (Å²) < 4.78 is 10.1. The van der Waals surface area contributed by atoms with Gasteiger partial charge in [0.1, 0.15) is 11.7 Å². The number of Topliss-reactive ketones (excluding diaryl/α,β-unsaturated/α-hetero) is 1. The molecule has 1 aliphatic rings. The molecule has 0 radical (unpaired) electrons. The van der Waals surface area contributed by atoms with Crippen LogP contribution in [0.2, 0.25) is 0 Å². The summed E-state index contributed by atoms with van der Waals surface area (Å²) in [6, 6.07) is 0. The number of ketones is 1. The van der Waals surface area contributed by atoms with Gasteiger partial charge in [-0.1, -0.05) is 6.92 Å². The molecule has 1 heterocycles. The van der Waals surface area contributed by atoms with Gasteiger partial charge in [0.15, 0.2) is 0 Å². The van der Waals surface area contributed by atoms with Crippen molar-refractivity contribution in [1.82, 2.24) is 0 Å². The van der Waals surface area contributed by atoms with Gasteiger partial charge in [0.2, 0.25) is 0 Å². The Morgan fingerprint density at radius 1 is 1.31 bits per heavy atom. The Balaban J connectivity index is 2.57. The van der Waals surface area contributed by atoms with Gasteiger partial charge in [-0.2, -0.15) is 0 Å². The largest absolute Gasteiger partial charge is 0.465 e. The highest BCUT2D eigenvalue weighted by molar-refractivity contribution is 6.00. The average molecular weight is 228 g/mol. The molecule has 1 rings (SSSR count). The van der Waals surface area contributed by atoms with Gasteiger partial charge < -0.3 is 9.47 Å². The minimum Gasteiger partial charge on any atom is -0.465 e. The van der Waals surface area contributed by atoms with Crippen molar-refractivity contribution in [2.24, 2.45) is 11.8 Å². The van der Waals surface area contributed by atoms with Crippen molar-refractivity contribution in [2.75, 3.05) is 19.8 Å². The van der Waals surface area contributed by atoms with Crippen molar-refractivity contribution in [2.45, 2.75) is 33.1 Å². The summed E-state index contributed by atoms with van der Waals surface area (Å²) in [6.07, 6.45) is 1.98. The Bertz CT molecular complexity index is 243. The molecule has 4 heteroatoms. The fourth-order valence-electron chi connectivity index (χ4n) is 1.99. The third-order valence-corrected chi connectivity index (χ3v) is 2.95. The molecule has 16 heavy (non-hydrogen) atoms. The first-order valence-corrected chi connectivity index (χ1v) is 5.98. The molecule has 1 atom stereocenters. The van der Waals surface area contributed by atoms with Crippen LogP contribution in [0.25, 0.3) is 0 Å². The quantitative estimate of drug-likeness (QED) is 0.529. The molecule has 0 amide bonds. The lowest BCUT2D eigenvalue weighted by molar-refractivity contribution is -0.153. The molecular formula is C12H20O4. The fraction of sp³-hybridized carbons (Fsp3) is 0.833. The normalized spacial score (nSPS) is 19.1. The topological polar surface area (TPSA) is 52.6 Å². The van der Waals surface area contributed by atoms with E-state index in [0.717, 1.165) is 12.8 Å². The molecular weight excluding hydrogens is 208 g/mol. The molecule has 1 aliphatic heterocycles. The second-order valence-corrected chi connectivity index (χ2v) is 4.00. The fourth-order valence-corrected chi connectivity index (χ4v) is 1.99. The summed E-state index contributed by atoms with van der Waals surface area (Å²) in [7, 11) is 0. The summed E-state index contributed by atoms with van der Waals surface area (Å²) in [5.74, 6) is -0.947. The first-order valence-electron chi connectivity index (χ1n) is 5.98. The molecule has 1 saturated heterocycles. The molecule has 0 N–H and O–H groups in total. The maximum absolute atomic E-state index is 12.1. The van der Waals surface area contributed by atoms with Crippen LogP contribution in [0.15, 0.2) is 0 Å². The maximum Gasteiger partial charge on any atom is 0.316 e. The van der Waals surface area contributed by atoms with Crippen molar-refractivity contribution in [3.63, 3.8) is 0 Å². The summed E-state index contributed by atoms with van der Waals surface area (Å²) in [4.78, 5) is 23.7. The zero-order chi connectivity index (χ0) is 12.0. The van der Waals surface area contributed by atoms with Crippen molar-refractivity contribution in [3.05, 3.63) is 0 Å². The van der Waals surface area contributed by atoms with Crippen LogP contribution < -0.4 is 0 Å². The molecule has 1 unspecified atom stereocenters. The third kappa shape index (κ3) is 3.30. The standard InChI is InChI=1S/C12H20O4/c1-3-10(12(14)16-4-2)11(13)9-5-7-15-8-6-9/h9-10H,3-8H2,1-2H3. The smallest absolute Gasteiger partial charge is 0.316 e. The SMILES string of the molecule is CCOC(=O)C(CC)C(=O)C1CCOCC1. The van der Waals surface area contributed by atoms with Crippen LogP contribution in [0.5, 0.6) is 0 Å². The van der Waals surface area contributed by atoms with Crippen molar-refractivity contribution in [1.29, 1.82) is 0 Å². The summed E-state index contributed by atoms with van der Waals surface area (Å²) in [5.41, 5.74) is 0.